The second kappa shape index (κ2) is 10.9. The number of hydrogen-bond acceptors (Lipinski definition) is 0. The fourth-order valence-electron chi connectivity index (χ4n) is 6.29. The van der Waals surface area contributed by atoms with Gasteiger partial charge in [-0.25, -0.2) is 13.2 Å². The van der Waals surface area contributed by atoms with E-state index in [-0.39, 0.29) is 5.82 Å². The first-order valence-electron chi connectivity index (χ1n) is 12.8. The predicted molar refractivity (Wildman–Crippen MR) is 126 cm³/mol. The van der Waals surface area contributed by atoms with Crippen molar-refractivity contribution in [3.05, 3.63) is 59.4 Å². The highest BCUT2D eigenvalue weighted by atomic mass is 19.2. The predicted octanol–water partition coefficient (Wildman–Crippen LogP) is 9.12. The Balaban J connectivity index is 1.24. The molecule has 2 aliphatic rings. The van der Waals surface area contributed by atoms with E-state index >= 15 is 0 Å². The van der Waals surface area contributed by atoms with E-state index in [1.807, 2.05) is 6.07 Å². The van der Waals surface area contributed by atoms with Gasteiger partial charge in [0.15, 0.2) is 11.6 Å². The first kappa shape index (κ1) is 23.4. The zero-order valence-corrected chi connectivity index (χ0v) is 19.4. The summed E-state index contributed by atoms with van der Waals surface area (Å²) in [5.74, 6) is 1.40. The molecule has 32 heavy (non-hydrogen) atoms. The molecule has 2 aromatic rings. The maximum Gasteiger partial charge on any atom is 0.159 e. The van der Waals surface area contributed by atoms with E-state index in [4.69, 9.17) is 0 Å². The molecule has 2 saturated carbocycles. The number of halogens is 3. The molecule has 0 N–H and O–H groups in total. The Hall–Kier alpha value is -1.77. The van der Waals surface area contributed by atoms with Crippen molar-refractivity contribution in [3.63, 3.8) is 0 Å². The van der Waals surface area contributed by atoms with Crippen molar-refractivity contribution < 1.29 is 13.2 Å². The van der Waals surface area contributed by atoms with E-state index in [0.29, 0.717) is 11.1 Å². The highest BCUT2D eigenvalue weighted by Gasteiger charge is 2.30. The fourth-order valence-corrected chi connectivity index (χ4v) is 6.29. The molecule has 0 radical (unpaired) electrons. The van der Waals surface area contributed by atoms with Gasteiger partial charge in [-0.05, 0) is 91.5 Å². The molecular weight excluding hydrogens is 405 g/mol. The van der Waals surface area contributed by atoms with Gasteiger partial charge in [-0.1, -0.05) is 63.6 Å². The summed E-state index contributed by atoms with van der Waals surface area (Å²) < 4.78 is 41.3. The molecule has 2 aliphatic carbocycles. The second-order valence-electron chi connectivity index (χ2n) is 10.3. The smallest absolute Gasteiger partial charge is 0.159 e. The highest BCUT2D eigenvalue weighted by Crippen LogP contribution is 2.43. The molecule has 0 aromatic heterocycles. The van der Waals surface area contributed by atoms with Gasteiger partial charge in [0.05, 0.1) is 0 Å². The molecule has 0 amide bonds. The molecular formula is C29H37F3. The van der Waals surface area contributed by atoms with Crippen molar-refractivity contribution in [2.75, 3.05) is 0 Å². The van der Waals surface area contributed by atoms with E-state index in [1.165, 1.54) is 70.3 Å². The lowest BCUT2D eigenvalue weighted by Crippen LogP contribution is -2.26. The van der Waals surface area contributed by atoms with Crippen LogP contribution in [-0.2, 0) is 6.42 Å². The summed E-state index contributed by atoms with van der Waals surface area (Å²) in [5, 5.41) is 0. The lowest BCUT2D eigenvalue weighted by molar-refractivity contribution is 0.141. The van der Waals surface area contributed by atoms with E-state index < -0.39 is 11.6 Å². The Morgan fingerprint density at radius 1 is 0.656 bits per heavy atom. The maximum absolute atomic E-state index is 14.7. The van der Waals surface area contributed by atoms with Crippen LogP contribution < -0.4 is 0 Å². The van der Waals surface area contributed by atoms with Crippen LogP contribution in [0.3, 0.4) is 0 Å². The Morgan fingerprint density at radius 3 is 1.84 bits per heavy atom. The van der Waals surface area contributed by atoms with Crippen LogP contribution in [0.1, 0.15) is 83.1 Å². The van der Waals surface area contributed by atoms with E-state index in [1.54, 1.807) is 12.1 Å². The summed E-state index contributed by atoms with van der Waals surface area (Å²) >= 11 is 0. The van der Waals surface area contributed by atoms with Crippen LogP contribution in [0.15, 0.2) is 36.4 Å². The maximum atomic E-state index is 14.7. The van der Waals surface area contributed by atoms with Gasteiger partial charge in [0.25, 0.3) is 0 Å². The summed E-state index contributed by atoms with van der Waals surface area (Å²) in [6, 6.07) is 8.72. The third kappa shape index (κ3) is 5.77. The van der Waals surface area contributed by atoms with Gasteiger partial charge in [-0.3, -0.25) is 0 Å². The molecule has 0 aliphatic heterocycles. The van der Waals surface area contributed by atoms with Gasteiger partial charge in [0.2, 0.25) is 0 Å². The van der Waals surface area contributed by atoms with E-state index in [0.717, 1.165) is 54.2 Å². The zero-order valence-electron chi connectivity index (χ0n) is 19.4. The highest BCUT2D eigenvalue weighted by molar-refractivity contribution is 5.64. The molecule has 0 atom stereocenters. The molecule has 4 rings (SSSR count). The second-order valence-corrected chi connectivity index (χ2v) is 10.3. The lowest BCUT2D eigenvalue weighted by atomic mass is 9.68. The molecule has 0 saturated heterocycles. The minimum atomic E-state index is -0.949. The molecule has 0 nitrogen and oxygen atoms in total. The largest absolute Gasteiger partial charge is 0.206 e. The summed E-state index contributed by atoms with van der Waals surface area (Å²) in [5.41, 5.74) is 1.68. The van der Waals surface area contributed by atoms with E-state index in [2.05, 4.69) is 6.92 Å². The lowest BCUT2D eigenvalue weighted by Gasteiger charge is -2.38. The average Bonchev–Trinajstić information content (AvgIpc) is 2.81. The standard InChI is InChI=1S/C29H37F3/c1-2-3-20-6-11-23(12-7-20)24-13-8-21(9-14-24)4-5-22-10-16-26(28(31)18-22)25-15-17-27(30)29(32)19-25/h10,15-21,23-24H,2-9,11-14H2,1H3/t20-,21?,23-,24?. The number of benzene rings is 2. The average molecular weight is 443 g/mol. The molecule has 2 fully saturated rings. The van der Waals surface area contributed by atoms with Gasteiger partial charge < -0.3 is 0 Å². The van der Waals surface area contributed by atoms with Gasteiger partial charge >= 0.3 is 0 Å². The third-order valence-corrected chi connectivity index (χ3v) is 8.25. The Morgan fingerprint density at radius 2 is 1.28 bits per heavy atom. The monoisotopic (exact) mass is 442 g/mol. The van der Waals surface area contributed by atoms with Crippen LogP contribution in [-0.4, -0.2) is 0 Å². The summed E-state index contributed by atoms with van der Waals surface area (Å²) in [7, 11) is 0. The van der Waals surface area contributed by atoms with Gasteiger partial charge in [-0.2, -0.15) is 0 Å². The quantitative estimate of drug-likeness (QED) is 0.401. The molecule has 3 heteroatoms. The molecule has 0 spiro atoms. The Bertz CT molecular complexity index is 874. The minimum Gasteiger partial charge on any atom is -0.206 e. The van der Waals surface area contributed by atoms with Crippen LogP contribution in [0, 0.1) is 41.1 Å². The molecule has 0 bridgehead atoms. The molecule has 174 valence electrons. The Labute approximate surface area is 191 Å². The number of aryl methyl sites for hydroxylation is 1. The first-order valence-corrected chi connectivity index (χ1v) is 12.8. The van der Waals surface area contributed by atoms with Crippen molar-refractivity contribution in [1.82, 2.24) is 0 Å². The van der Waals surface area contributed by atoms with E-state index in [9.17, 15) is 13.2 Å². The zero-order chi connectivity index (χ0) is 22.5. The Kier molecular flexibility index (Phi) is 7.97. The summed E-state index contributed by atoms with van der Waals surface area (Å²) in [6.45, 7) is 2.31. The third-order valence-electron chi connectivity index (χ3n) is 8.25. The summed E-state index contributed by atoms with van der Waals surface area (Å²) in [6.07, 6.45) is 15.9. The SMILES string of the molecule is CCC[C@H]1CC[C@H](C2CCC(CCc3ccc(-c4ccc(F)c(F)c4)c(F)c3)CC2)CC1. The van der Waals surface area contributed by atoms with Crippen molar-refractivity contribution in [2.24, 2.45) is 23.7 Å². The van der Waals surface area contributed by atoms with Crippen molar-refractivity contribution >= 4 is 0 Å². The number of hydrogen-bond donors (Lipinski definition) is 0. The summed E-state index contributed by atoms with van der Waals surface area (Å²) in [4.78, 5) is 0. The topological polar surface area (TPSA) is 0 Å². The van der Waals surface area contributed by atoms with Crippen molar-refractivity contribution in [2.45, 2.75) is 84.0 Å². The molecule has 0 heterocycles. The van der Waals surface area contributed by atoms with Gasteiger partial charge in [0.1, 0.15) is 5.82 Å². The van der Waals surface area contributed by atoms with Crippen molar-refractivity contribution in [3.8, 4) is 11.1 Å². The normalized spacial score (nSPS) is 26.2. The van der Waals surface area contributed by atoms with Crippen molar-refractivity contribution in [1.29, 1.82) is 0 Å². The fraction of sp³-hybridized carbons (Fsp3) is 0.586. The van der Waals surface area contributed by atoms with Gasteiger partial charge in [0, 0.05) is 5.56 Å². The molecule has 2 aromatic carbocycles. The van der Waals surface area contributed by atoms with Crippen LogP contribution in [0.25, 0.3) is 11.1 Å². The van der Waals surface area contributed by atoms with Crippen LogP contribution >= 0.6 is 0 Å². The van der Waals surface area contributed by atoms with Crippen LogP contribution in [0.4, 0.5) is 13.2 Å². The van der Waals surface area contributed by atoms with Gasteiger partial charge in [-0.15, -0.1) is 0 Å². The number of rotatable bonds is 7. The molecule has 0 unspecified atom stereocenters. The van der Waals surface area contributed by atoms with Crippen LogP contribution in [0.2, 0.25) is 0 Å². The van der Waals surface area contributed by atoms with Crippen LogP contribution in [0.5, 0.6) is 0 Å². The first-order chi connectivity index (χ1) is 15.5. The minimum absolute atomic E-state index is 0.321.